The van der Waals surface area contributed by atoms with Crippen molar-refractivity contribution < 1.29 is 11.4 Å². The molecule has 0 radical (unpaired) electrons. The van der Waals surface area contributed by atoms with Gasteiger partial charge >= 0.3 is 15.1 Å². The van der Waals surface area contributed by atoms with Crippen LogP contribution in [0.5, 0.6) is 11.5 Å². The summed E-state index contributed by atoms with van der Waals surface area (Å²) >= 11 is -2.73. The van der Waals surface area contributed by atoms with Crippen molar-refractivity contribution in [3.63, 3.8) is 0 Å². The summed E-state index contributed by atoms with van der Waals surface area (Å²) in [5.74, 6) is 1.40. The summed E-state index contributed by atoms with van der Waals surface area (Å²) < 4.78 is 19.7. The Kier molecular flexibility index (Phi) is 7.11. The Balaban J connectivity index is 1.31. The second kappa shape index (κ2) is 11.0. The van der Waals surface area contributed by atoms with Crippen molar-refractivity contribution in [1.29, 1.82) is 0 Å². The van der Waals surface area contributed by atoms with Crippen LogP contribution < -0.4 is 7.58 Å². The van der Waals surface area contributed by atoms with Gasteiger partial charge in [-0.05, 0) is 80.1 Å². The number of benzene rings is 3. The number of hydrogen-bond acceptors (Lipinski definition) is 5. The normalized spacial score (nSPS) is 14.6. The van der Waals surface area contributed by atoms with E-state index in [-0.39, 0.29) is 6.10 Å². The summed E-state index contributed by atoms with van der Waals surface area (Å²) in [6.45, 7) is 4.01. The van der Waals surface area contributed by atoms with E-state index in [1.165, 1.54) is 5.56 Å². The van der Waals surface area contributed by atoms with Gasteiger partial charge in [-0.15, -0.1) is 0 Å². The predicted octanol–water partition coefficient (Wildman–Crippen LogP) is 7.45. The third-order valence-corrected chi connectivity index (χ3v) is 8.35. The Morgan fingerprint density at radius 3 is 2.32 bits per heavy atom. The first-order chi connectivity index (χ1) is 18.6. The van der Waals surface area contributed by atoms with Crippen LogP contribution in [0.15, 0.2) is 97.1 Å². The molecule has 0 saturated carbocycles. The molecule has 5 aromatic rings. The van der Waals surface area contributed by atoms with Crippen LogP contribution in [0.3, 0.4) is 0 Å². The lowest BCUT2D eigenvalue weighted by molar-refractivity contribution is 0.112. The zero-order valence-corrected chi connectivity index (χ0v) is 22.8. The van der Waals surface area contributed by atoms with Crippen molar-refractivity contribution in [3.05, 3.63) is 120 Å². The van der Waals surface area contributed by atoms with Gasteiger partial charge in [0.15, 0.2) is 0 Å². The van der Waals surface area contributed by atoms with Gasteiger partial charge in [-0.1, -0.05) is 66.7 Å². The highest BCUT2D eigenvalue weighted by atomic mass is 27.3. The summed E-state index contributed by atoms with van der Waals surface area (Å²) in [6.07, 6.45) is 2.79. The summed E-state index contributed by atoms with van der Waals surface area (Å²) in [5.41, 5.74) is 7.29. The summed E-state index contributed by atoms with van der Waals surface area (Å²) in [5, 5.41) is 1.02. The number of nitrogens with zero attached hydrogens (tertiary/aromatic N) is 2. The maximum Gasteiger partial charge on any atom is 1.10 e. The van der Waals surface area contributed by atoms with E-state index in [1.807, 2.05) is 68.4 Å². The number of rotatable bonds is 7. The van der Waals surface area contributed by atoms with E-state index in [1.54, 1.807) is 0 Å². The topological polar surface area (TPSA) is 53.5 Å². The van der Waals surface area contributed by atoms with Gasteiger partial charge in [-0.3, -0.25) is 4.98 Å². The largest absolute Gasteiger partial charge is 1.10 e. The number of fused-ring (bicyclic) bond motifs is 2. The Morgan fingerprint density at radius 1 is 0.711 bits per heavy atom. The van der Waals surface area contributed by atoms with Crippen molar-refractivity contribution in [2.24, 2.45) is 0 Å². The van der Waals surface area contributed by atoms with Gasteiger partial charge in [0.2, 0.25) is 0 Å². The molecule has 1 aliphatic rings. The smallest absolute Gasteiger partial charge is 0.588 e. The maximum absolute atomic E-state index is 6.68. The van der Waals surface area contributed by atoms with Gasteiger partial charge in [-0.2, -0.15) is 0 Å². The molecule has 188 valence electrons. The molecule has 2 heterocycles. The minimum absolute atomic E-state index is 0.163. The van der Waals surface area contributed by atoms with E-state index in [2.05, 4.69) is 42.5 Å². The first kappa shape index (κ1) is 24.6. The molecule has 0 saturated heterocycles. The van der Waals surface area contributed by atoms with Crippen LogP contribution in [0.1, 0.15) is 41.6 Å². The summed E-state index contributed by atoms with van der Waals surface area (Å²) in [7, 11) is 0. The van der Waals surface area contributed by atoms with Crippen molar-refractivity contribution in [2.75, 3.05) is 0 Å². The average molecular weight is 517 g/mol. The molecule has 0 bridgehead atoms. The first-order valence-electron chi connectivity index (χ1n) is 13.1. The van der Waals surface area contributed by atoms with Gasteiger partial charge in [0.1, 0.15) is 11.3 Å². The lowest BCUT2D eigenvalue weighted by atomic mass is 9.93. The minimum atomic E-state index is -2.73. The van der Waals surface area contributed by atoms with E-state index in [0.717, 1.165) is 64.1 Å². The fraction of sp³-hybridized carbons (Fsp3) is 0.188. The average Bonchev–Trinajstić information content (AvgIpc) is 2.94. The second-order valence-corrected chi connectivity index (χ2v) is 11.0. The molecule has 0 N–H and O–H groups in total. The Hall–Kier alpha value is -3.69. The van der Waals surface area contributed by atoms with Crippen LogP contribution in [0.2, 0.25) is 0 Å². The molecule has 6 rings (SSSR count). The molecule has 1 aliphatic carbocycles. The van der Waals surface area contributed by atoms with Gasteiger partial charge in [0.05, 0.1) is 17.5 Å². The number of pyridine rings is 2. The highest BCUT2D eigenvalue weighted by Crippen LogP contribution is 2.33. The highest BCUT2D eigenvalue weighted by Gasteiger charge is 2.44. The number of aromatic nitrogens is 2. The molecule has 6 heteroatoms. The van der Waals surface area contributed by atoms with E-state index in [4.69, 9.17) is 21.3 Å². The number of aryl methyl sites for hydroxylation is 3. The molecule has 38 heavy (non-hydrogen) atoms. The number of hydrogen-bond donors (Lipinski definition) is 0. The lowest BCUT2D eigenvalue weighted by Gasteiger charge is -2.27. The fourth-order valence-electron chi connectivity index (χ4n) is 4.94. The van der Waals surface area contributed by atoms with Crippen LogP contribution in [0, 0.1) is 13.8 Å². The quantitative estimate of drug-likeness (QED) is 0.210. The molecule has 0 fully saturated rings. The standard InChI is InChI=1S/C12H10O.C10H12NO.C10H9NO.Al/c13-12-8-6-11(7-9-12)10-4-2-1-3-5-10;2*1-7-5-6-8-3-2-4-9(12)10(8)11-7;/h1-9,13H;5-6,9H,2-4H2,1H3;2-6,12H,1H3;/q;-1;;+3/p-2. The fourth-order valence-corrected chi connectivity index (χ4v) is 6.41. The zero-order chi connectivity index (χ0) is 25.9. The van der Waals surface area contributed by atoms with Gasteiger partial charge in [0, 0.05) is 16.8 Å². The van der Waals surface area contributed by atoms with Crippen molar-refractivity contribution in [2.45, 2.75) is 39.2 Å². The second-order valence-electron chi connectivity index (χ2n) is 9.71. The van der Waals surface area contributed by atoms with Crippen LogP contribution in [0.25, 0.3) is 22.0 Å². The minimum Gasteiger partial charge on any atom is -0.588 e. The molecule has 1 atom stereocenters. The highest BCUT2D eigenvalue weighted by molar-refractivity contribution is 6.38. The van der Waals surface area contributed by atoms with E-state index in [9.17, 15) is 0 Å². The molecule has 1 unspecified atom stereocenters. The molecule has 5 nitrogen and oxygen atoms in total. The van der Waals surface area contributed by atoms with Crippen molar-refractivity contribution in [3.8, 4) is 22.6 Å². The maximum atomic E-state index is 6.68. The molecule has 0 amide bonds. The predicted molar refractivity (Wildman–Crippen MR) is 151 cm³/mol. The third-order valence-electron chi connectivity index (χ3n) is 6.88. The van der Waals surface area contributed by atoms with Gasteiger partial charge in [0.25, 0.3) is 0 Å². The van der Waals surface area contributed by atoms with Crippen LogP contribution in [-0.2, 0) is 10.2 Å². The van der Waals surface area contributed by atoms with Crippen LogP contribution >= 0.6 is 0 Å². The van der Waals surface area contributed by atoms with Gasteiger partial charge in [-0.25, -0.2) is 4.98 Å². The van der Waals surface area contributed by atoms with Crippen LogP contribution in [-0.4, -0.2) is 25.1 Å². The molecular weight excluding hydrogens is 487 g/mol. The summed E-state index contributed by atoms with van der Waals surface area (Å²) in [4.78, 5) is 9.59. The monoisotopic (exact) mass is 516 g/mol. The van der Waals surface area contributed by atoms with E-state index in [0.29, 0.717) is 5.75 Å². The first-order valence-corrected chi connectivity index (χ1v) is 14.5. The Morgan fingerprint density at radius 2 is 1.47 bits per heavy atom. The van der Waals surface area contributed by atoms with E-state index >= 15 is 0 Å². The van der Waals surface area contributed by atoms with Crippen LogP contribution in [0.4, 0.5) is 0 Å². The SMILES string of the molecule is Cc1ccc2c(n1)C([O][Al]([O]c1ccc(-c3ccccc3)cc1)[O]c1cccc3ccc(C)nc13)CCC2. The molecule has 3 aromatic carbocycles. The van der Waals surface area contributed by atoms with Crippen molar-refractivity contribution >= 4 is 26.1 Å². The lowest BCUT2D eigenvalue weighted by Crippen LogP contribution is -2.36. The zero-order valence-electron chi connectivity index (χ0n) is 21.6. The Labute approximate surface area is 228 Å². The Bertz CT molecular complexity index is 1560. The summed E-state index contributed by atoms with van der Waals surface area (Å²) in [6, 6.07) is 32.7. The van der Waals surface area contributed by atoms with E-state index < -0.39 is 15.1 Å². The molecular formula is C32H29AlN2O3. The van der Waals surface area contributed by atoms with Crippen molar-refractivity contribution in [1.82, 2.24) is 9.97 Å². The molecule has 0 spiro atoms. The third kappa shape index (κ3) is 5.44. The van der Waals surface area contributed by atoms with Gasteiger partial charge < -0.3 is 11.4 Å². The molecule has 2 aromatic heterocycles. The molecule has 0 aliphatic heterocycles. The number of para-hydroxylation sites is 1.